The van der Waals surface area contributed by atoms with Crippen LogP contribution in [0.25, 0.3) is 22.3 Å². The number of hydrogen-bond donors (Lipinski definition) is 0. The van der Waals surface area contributed by atoms with E-state index in [4.69, 9.17) is 9.47 Å². The van der Waals surface area contributed by atoms with Crippen LogP contribution in [0.4, 0.5) is 0 Å². The molecule has 148 valence electrons. The maximum atomic E-state index is 13.0. The Hall–Kier alpha value is -3.32. The number of amides is 1. The molecule has 0 spiro atoms. The molecule has 1 saturated heterocycles. The molecule has 0 saturated carbocycles. The quantitative estimate of drug-likeness (QED) is 0.636. The Morgan fingerprint density at radius 1 is 1.07 bits per heavy atom. The van der Waals surface area contributed by atoms with E-state index in [0.717, 1.165) is 0 Å². The van der Waals surface area contributed by atoms with Crippen molar-refractivity contribution in [3.63, 3.8) is 0 Å². The molecule has 7 heteroatoms. The monoisotopic (exact) mass is 391 g/mol. The highest BCUT2D eigenvalue weighted by molar-refractivity contribution is 6.05. The zero-order chi connectivity index (χ0) is 20.2. The summed E-state index contributed by atoms with van der Waals surface area (Å²) < 4.78 is 10.8. The van der Waals surface area contributed by atoms with E-state index in [-0.39, 0.29) is 5.91 Å². The third kappa shape index (κ3) is 4.09. The van der Waals surface area contributed by atoms with Crippen LogP contribution < -0.4 is 0 Å². The second-order valence-corrected chi connectivity index (χ2v) is 6.77. The van der Waals surface area contributed by atoms with Crippen molar-refractivity contribution in [2.24, 2.45) is 0 Å². The zero-order valence-electron chi connectivity index (χ0n) is 16.1. The predicted molar refractivity (Wildman–Crippen MR) is 107 cm³/mol. The average molecular weight is 391 g/mol. The molecule has 1 fully saturated rings. The van der Waals surface area contributed by atoms with Gasteiger partial charge < -0.3 is 14.4 Å². The number of carbonyl (C=O) groups is 2. The van der Waals surface area contributed by atoms with Gasteiger partial charge in [-0.3, -0.25) is 9.78 Å². The van der Waals surface area contributed by atoms with Gasteiger partial charge in [0.15, 0.2) is 6.10 Å². The number of ether oxygens (including phenoxy) is 2. The van der Waals surface area contributed by atoms with E-state index < -0.39 is 12.1 Å². The summed E-state index contributed by atoms with van der Waals surface area (Å²) in [7, 11) is 0. The predicted octanol–water partition coefficient (Wildman–Crippen LogP) is 2.70. The minimum atomic E-state index is -0.883. The number of pyridine rings is 2. The molecule has 29 heavy (non-hydrogen) atoms. The van der Waals surface area contributed by atoms with Crippen LogP contribution in [0.5, 0.6) is 0 Å². The van der Waals surface area contributed by atoms with Crippen LogP contribution >= 0.6 is 0 Å². The molecule has 0 aliphatic carbocycles. The lowest BCUT2D eigenvalue weighted by Gasteiger charge is -2.29. The minimum Gasteiger partial charge on any atom is -0.449 e. The second kappa shape index (κ2) is 8.36. The van der Waals surface area contributed by atoms with E-state index in [9.17, 15) is 9.59 Å². The molecule has 0 bridgehead atoms. The highest BCUT2D eigenvalue weighted by atomic mass is 16.5. The first-order valence-electron chi connectivity index (χ1n) is 9.52. The van der Waals surface area contributed by atoms with E-state index in [2.05, 4.69) is 9.97 Å². The molecule has 7 nitrogen and oxygen atoms in total. The SMILES string of the molecule is CC(OC(=O)c1cc(-c2ccccn2)nc2ccccc12)C(=O)N1CCOCC1. The molecule has 4 rings (SSSR count). The van der Waals surface area contributed by atoms with E-state index in [1.165, 1.54) is 0 Å². The summed E-state index contributed by atoms with van der Waals surface area (Å²) in [4.78, 5) is 36.2. The lowest BCUT2D eigenvalue weighted by molar-refractivity contribution is -0.143. The molecule has 0 radical (unpaired) electrons. The van der Waals surface area contributed by atoms with Crippen LogP contribution in [-0.2, 0) is 14.3 Å². The van der Waals surface area contributed by atoms with Gasteiger partial charge in [0.2, 0.25) is 0 Å². The van der Waals surface area contributed by atoms with Gasteiger partial charge in [0.25, 0.3) is 5.91 Å². The normalized spacial score (nSPS) is 15.1. The number of morpholine rings is 1. The van der Waals surface area contributed by atoms with Gasteiger partial charge in [0.1, 0.15) is 0 Å². The second-order valence-electron chi connectivity index (χ2n) is 6.77. The Kier molecular flexibility index (Phi) is 5.48. The smallest absolute Gasteiger partial charge is 0.339 e. The summed E-state index contributed by atoms with van der Waals surface area (Å²) in [5, 5.41) is 0.670. The summed E-state index contributed by atoms with van der Waals surface area (Å²) in [5.74, 6) is -0.778. The molecule has 1 unspecified atom stereocenters. The lowest BCUT2D eigenvalue weighted by atomic mass is 10.1. The molecule has 1 aliphatic rings. The average Bonchev–Trinajstić information content (AvgIpc) is 2.78. The molecular weight excluding hydrogens is 370 g/mol. The van der Waals surface area contributed by atoms with Crippen LogP contribution in [-0.4, -0.2) is 59.2 Å². The van der Waals surface area contributed by atoms with Crippen LogP contribution in [0, 0.1) is 0 Å². The van der Waals surface area contributed by atoms with E-state index >= 15 is 0 Å². The highest BCUT2D eigenvalue weighted by Gasteiger charge is 2.26. The highest BCUT2D eigenvalue weighted by Crippen LogP contribution is 2.24. The van der Waals surface area contributed by atoms with Crippen molar-refractivity contribution in [3.05, 3.63) is 60.3 Å². The number of rotatable bonds is 4. The number of hydrogen-bond acceptors (Lipinski definition) is 6. The minimum absolute atomic E-state index is 0.218. The molecule has 1 aliphatic heterocycles. The maximum Gasteiger partial charge on any atom is 0.339 e. The van der Waals surface area contributed by atoms with E-state index in [0.29, 0.717) is 54.2 Å². The van der Waals surface area contributed by atoms with Crippen molar-refractivity contribution < 1.29 is 19.1 Å². The van der Waals surface area contributed by atoms with Gasteiger partial charge >= 0.3 is 5.97 Å². The summed E-state index contributed by atoms with van der Waals surface area (Å²) in [6.07, 6.45) is 0.790. The van der Waals surface area contributed by atoms with Gasteiger partial charge in [-0.2, -0.15) is 0 Å². The standard InChI is InChI=1S/C22H21N3O4/c1-15(21(26)25-10-12-28-13-11-25)29-22(27)17-14-20(19-8-4-5-9-23-19)24-18-7-3-2-6-16(17)18/h2-9,14-15H,10-13H2,1H3. The Bertz CT molecular complexity index is 1030. The largest absolute Gasteiger partial charge is 0.449 e. The summed E-state index contributed by atoms with van der Waals surface area (Å²) in [6.45, 7) is 3.59. The topological polar surface area (TPSA) is 81.6 Å². The van der Waals surface area contributed by atoms with E-state index in [1.807, 2.05) is 42.5 Å². The fourth-order valence-electron chi connectivity index (χ4n) is 3.31. The summed E-state index contributed by atoms with van der Waals surface area (Å²) in [6, 6.07) is 14.5. The number of nitrogens with zero attached hydrogens (tertiary/aromatic N) is 3. The molecule has 2 aromatic heterocycles. The van der Waals surface area contributed by atoms with Crippen LogP contribution in [0.15, 0.2) is 54.7 Å². The van der Waals surface area contributed by atoms with Gasteiger partial charge in [0.05, 0.1) is 35.7 Å². The Labute approximate surface area is 168 Å². The number of para-hydroxylation sites is 1. The van der Waals surface area contributed by atoms with Crippen LogP contribution in [0.1, 0.15) is 17.3 Å². The first-order chi connectivity index (χ1) is 14.1. The molecule has 3 aromatic rings. The van der Waals surface area contributed by atoms with Gasteiger partial charge in [0, 0.05) is 24.7 Å². The van der Waals surface area contributed by atoms with Gasteiger partial charge in [-0.15, -0.1) is 0 Å². The van der Waals surface area contributed by atoms with Gasteiger partial charge in [-0.25, -0.2) is 9.78 Å². The number of benzene rings is 1. The van der Waals surface area contributed by atoms with Crippen LogP contribution in [0.2, 0.25) is 0 Å². The third-order valence-corrected chi connectivity index (χ3v) is 4.82. The molecule has 1 aromatic carbocycles. The Balaban J connectivity index is 1.63. The molecule has 1 atom stereocenters. The lowest BCUT2D eigenvalue weighted by Crippen LogP contribution is -2.46. The molecule has 3 heterocycles. The van der Waals surface area contributed by atoms with Crippen molar-refractivity contribution >= 4 is 22.8 Å². The summed E-state index contributed by atoms with van der Waals surface area (Å²) in [5.41, 5.74) is 2.25. The number of esters is 1. The first-order valence-corrected chi connectivity index (χ1v) is 9.52. The van der Waals surface area contributed by atoms with Crippen molar-refractivity contribution in [1.29, 1.82) is 0 Å². The number of aromatic nitrogens is 2. The van der Waals surface area contributed by atoms with Gasteiger partial charge in [-0.05, 0) is 31.2 Å². The van der Waals surface area contributed by atoms with Crippen molar-refractivity contribution in [2.45, 2.75) is 13.0 Å². The third-order valence-electron chi connectivity index (χ3n) is 4.82. The number of fused-ring (bicyclic) bond motifs is 1. The summed E-state index contributed by atoms with van der Waals surface area (Å²) >= 11 is 0. The molecule has 0 N–H and O–H groups in total. The van der Waals surface area contributed by atoms with Crippen molar-refractivity contribution in [3.8, 4) is 11.4 Å². The van der Waals surface area contributed by atoms with Crippen molar-refractivity contribution in [2.75, 3.05) is 26.3 Å². The van der Waals surface area contributed by atoms with Crippen LogP contribution in [0.3, 0.4) is 0 Å². The number of carbonyl (C=O) groups excluding carboxylic acids is 2. The van der Waals surface area contributed by atoms with Crippen molar-refractivity contribution in [1.82, 2.24) is 14.9 Å². The zero-order valence-corrected chi connectivity index (χ0v) is 16.1. The van der Waals surface area contributed by atoms with Gasteiger partial charge in [-0.1, -0.05) is 24.3 Å². The van der Waals surface area contributed by atoms with E-state index in [1.54, 1.807) is 24.1 Å². The maximum absolute atomic E-state index is 13.0. The fraction of sp³-hybridized carbons (Fsp3) is 0.273. The molecule has 1 amide bonds. The first kappa shape index (κ1) is 19.0. The Morgan fingerprint density at radius 2 is 1.83 bits per heavy atom. The Morgan fingerprint density at radius 3 is 2.59 bits per heavy atom. The fourth-order valence-corrected chi connectivity index (χ4v) is 3.31. The molecular formula is C22H21N3O4.